The van der Waals surface area contributed by atoms with Crippen LogP contribution in [-0.2, 0) is 0 Å². The zero-order chi connectivity index (χ0) is 9.78. The minimum Gasteiger partial charge on any atom is -0.154 e. The van der Waals surface area contributed by atoms with E-state index in [1.807, 2.05) is 70.6 Å². The Bertz CT molecular complexity index is 79.1. The standard InChI is InChI=1S/C7H16S6/c1-8-3-10-5-12-7-13-6-11-4-9-2/h3-7H2,1-2H3. The van der Waals surface area contributed by atoms with Gasteiger partial charge in [0.05, 0.1) is 0 Å². The molecule has 0 aromatic rings. The van der Waals surface area contributed by atoms with Crippen molar-refractivity contribution in [2.24, 2.45) is 0 Å². The Morgan fingerprint density at radius 3 is 1.15 bits per heavy atom. The molecule has 0 atom stereocenters. The van der Waals surface area contributed by atoms with E-state index in [4.69, 9.17) is 0 Å². The van der Waals surface area contributed by atoms with Gasteiger partial charge in [0.25, 0.3) is 0 Å². The van der Waals surface area contributed by atoms with Crippen molar-refractivity contribution in [2.45, 2.75) is 0 Å². The molecule has 6 heteroatoms. The van der Waals surface area contributed by atoms with Gasteiger partial charge < -0.3 is 0 Å². The molecule has 0 aromatic carbocycles. The maximum absolute atomic E-state index is 2.16. The molecule has 0 saturated heterocycles. The Kier molecular flexibility index (Phi) is 16.4. The molecule has 0 heterocycles. The average Bonchev–Trinajstić information content (AvgIpc) is 2.16. The second kappa shape index (κ2) is 14.1. The van der Waals surface area contributed by atoms with E-state index in [9.17, 15) is 0 Å². The molecule has 0 unspecified atom stereocenters. The van der Waals surface area contributed by atoms with Gasteiger partial charge in [-0.1, -0.05) is 0 Å². The van der Waals surface area contributed by atoms with Crippen LogP contribution in [0.2, 0.25) is 0 Å². The second-order valence-electron chi connectivity index (χ2n) is 1.98. The molecule has 0 aromatic heterocycles. The van der Waals surface area contributed by atoms with Crippen LogP contribution >= 0.6 is 70.6 Å². The van der Waals surface area contributed by atoms with Crippen LogP contribution in [0.3, 0.4) is 0 Å². The maximum atomic E-state index is 2.16. The van der Waals surface area contributed by atoms with Gasteiger partial charge in [-0.25, -0.2) is 0 Å². The Morgan fingerprint density at radius 1 is 0.538 bits per heavy atom. The van der Waals surface area contributed by atoms with Crippen molar-refractivity contribution in [3.05, 3.63) is 0 Å². The highest BCUT2D eigenvalue weighted by atomic mass is 32.3. The van der Waals surface area contributed by atoms with Crippen molar-refractivity contribution < 1.29 is 0 Å². The summed E-state index contributed by atoms with van der Waals surface area (Å²) in [5.41, 5.74) is 0. The summed E-state index contributed by atoms with van der Waals surface area (Å²) in [6.07, 6.45) is 4.32. The molecule has 0 aliphatic heterocycles. The molecule has 0 amide bonds. The Hall–Kier alpha value is 2.10. The third kappa shape index (κ3) is 14.1. The second-order valence-corrected chi connectivity index (χ2v) is 9.48. The zero-order valence-corrected chi connectivity index (χ0v) is 12.9. The van der Waals surface area contributed by atoms with Crippen molar-refractivity contribution in [1.29, 1.82) is 0 Å². The van der Waals surface area contributed by atoms with E-state index in [2.05, 4.69) is 12.5 Å². The van der Waals surface area contributed by atoms with Crippen LogP contribution in [0.15, 0.2) is 0 Å². The van der Waals surface area contributed by atoms with Gasteiger partial charge in [0.15, 0.2) is 0 Å². The summed E-state index contributed by atoms with van der Waals surface area (Å²) < 4.78 is 0. The normalized spacial score (nSPS) is 10.6. The molecule has 0 saturated carbocycles. The molecule has 0 bridgehead atoms. The lowest BCUT2D eigenvalue weighted by atomic mass is 11.8. The third-order valence-corrected chi connectivity index (χ3v) is 8.12. The van der Waals surface area contributed by atoms with E-state index in [1.54, 1.807) is 0 Å². The first-order valence-electron chi connectivity index (χ1n) is 3.70. The summed E-state index contributed by atoms with van der Waals surface area (Å²) in [7, 11) is 0. The van der Waals surface area contributed by atoms with Gasteiger partial charge in [0.1, 0.15) is 0 Å². The summed E-state index contributed by atoms with van der Waals surface area (Å²) in [6, 6.07) is 0. The van der Waals surface area contributed by atoms with Gasteiger partial charge in [-0.2, -0.15) is 23.5 Å². The van der Waals surface area contributed by atoms with Crippen LogP contribution in [0.25, 0.3) is 0 Å². The van der Waals surface area contributed by atoms with E-state index in [-0.39, 0.29) is 0 Å². The summed E-state index contributed by atoms with van der Waals surface area (Å²) in [6.45, 7) is 0. The monoisotopic (exact) mass is 292 g/mol. The van der Waals surface area contributed by atoms with Crippen molar-refractivity contribution in [2.75, 3.05) is 37.9 Å². The molecule has 0 nitrogen and oxygen atoms in total. The molecule has 13 heavy (non-hydrogen) atoms. The Morgan fingerprint density at radius 2 is 0.846 bits per heavy atom. The summed E-state index contributed by atoms with van der Waals surface area (Å²) >= 11 is 12.0. The predicted octanol–water partition coefficient (Wildman–Crippen LogP) is 4.43. The van der Waals surface area contributed by atoms with Crippen molar-refractivity contribution in [3.63, 3.8) is 0 Å². The average molecular weight is 293 g/mol. The van der Waals surface area contributed by atoms with E-state index in [0.29, 0.717) is 0 Å². The molecule has 0 radical (unpaired) electrons. The molecular formula is C7H16S6. The van der Waals surface area contributed by atoms with Crippen molar-refractivity contribution >= 4 is 70.6 Å². The van der Waals surface area contributed by atoms with Crippen LogP contribution in [-0.4, -0.2) is 37.9 Å². The highest BCUT2D eigenvalue weighted by Crippen LogP contribution is 2.23. The van der Waals surface area contributed by atoms with Gasteiger partial charge in [0, 0.05) is 25.4 Å². The lowest BCUT2D eigenvalue weighted by Gasteiger charge is -2.00. The minimum atomic E-state index is 1.24. The van der Waals surface area contributed by atoms with Gasteiger partial charge in [-0.05, 0) is 12.5 Å². The van der Waals surface area contributed by atoms with Gasteiger partial charge in [0.2, 0.25) is 0 Å². The first-order chi connectivity index (χ1) is 6.41. The lowest BCUT2D eigenvalue weighted by Crippen LogP contribution is -1.77. The summed E-state index contributed by atoms with van der Waals surface area (Å²) in [5, 5.41) is 6.22. The SMILES string of the molecule is CSCSCSCSCSCSC. The fraction of sp³-hybridized carbons (Fsp3) is 1.00. The van der Waals surface area contributed by atoms with E-state index >= 15 is 0 Å². The van der Waals surface area contributed by atoms with Gasteiger partial charge in [-0.15, -0.1) is 47.0 Å². The number of thioether (sulfide) groups is 6. The Balaban J connectivity index is 2.76. The number of hydrogen-bond donors (Lipinski definition) is 0. The van der Waals surface area contributed by atoms with E-state index in [1.165, 1.54) is 25.4 Å². The molecule has 0 spiro atoms. The molecule has 80 valence electrons. The zero-order valence-electron chi connectivity index (χ0n) is 7.99. The van der Waals surface area contributed by atoms with Gasteiger partial charge in [-0.3, -0.25) is 0 Å². The molecule has 0 rings (SSSR count). The molecule has 0 fully saturated rings. The first kappa shape index (κ1) is 15.1. The van der Waals surface area contributed by atoms with E-state index in [0.717, 1.165) is 0 Å². The van der Waals surface area contributed by atoms with Crippen LogP contribution in [0.1, 0.15) is 0 Å². The van der Waals surface area contributed by atoms with Gasteiger partial charge >= 0.3 is 0 Å². The van der Waals surface area contributed by atoms with Crippen molar-refractivity contribution in [1.82, 2.24) is 0 Å². The topological polar surface area (TPSA) is 0 Å². The fourth-order valence-corrected chi connectivity index (χ4v) is 6.77. The predicted molar refractivity (Wildman–Crippen MR) is 81.7 cm³/mol. The van der Waals surface area contributed by atoms with Crippen LogP contribution in [0.5, 0.6) is 0 Å². The minimum absolute atomic E-state index is 1.24. The third-order valence-electron chi connectivity index (χ3n) is 0.902. The van der Waals surface area contributed by atoms with Crippen LogP contribution in [0.4, 0.5) is 0 Å². The van der Waals surface area contributed by atoms with Crippen molar-refractivity contribution in [3.8, 4) is 0 Å². The first-order valence-corrected chi connectivity index (χ1v) is 11.1. The summed E-state index contributed by atoms with van der Waals surface area (Å²) in [4.78, 5) is 0. The highest BCUT2D eigenvalue weighted by Gasteiger charge is 1.91. The molecular weight excluding hydrogens is 276 g/mol. The quantitative estimate of drug-likeness (QED) is 0.428. The smallest absolute Gasteiger partial charge is 0.0408 e. The van der Waals surface area contributed by atoms with Crippen LogP contribution in [0, 0.1) is 0 Å². The fourth-order valence-electron chi connectivity index (χ4n) is 0.480. The summed E-state index contributed by atoms with van der Waals surface area (Å²) in [5.74, 6) is 0. The number of rotatable bonds is 10. The van der Waals surface area contributed by atoms with E-state index < -0.39 is 0 Å². The molecule has 0 N–H and O–H groups in total. The molecule has 0 aliphatic carbocycles. The highest BCUT2D eigenvalue weighted by molar-refractivity contribution is 8.29. The maximum Gasteiger partial charge on any atom is 0.0408 e. The Labute approximate surface area is 108 Å². The molecule has 0 aliphatic rings. The van der Waals surface area contributed by atoms with Crippen LogP contribution < -0.4 is 0 Å². The largest absolute Gasteiger partial charge is 0.154 e. The lowest BCUT2D eigenvalue weighted by molar-refractivity contribution is 2.07. The number of hydrogen-bond acceptors (Lipinski definition) is 6.